The first-order chi connectivity index (χ1) is 9.74. The van der Waals surface area contributed by atoms with Crippen molar-refractivity contribution in [3.8, 4) is 0 Å². The second-order valence-electron chi connectivity index (χ2n) is 5.31. The third-order valence-corrected chi connectivity index (χ3v) is 3.40. The molecule has 4 heteroatoms. The lowest BCUT2D eigenvalue weighted by Gasteiger charge is -2.17. The molecule has 0 radical (unpaired) electrons. The average Bonchev–Trinajstić information content (AvgIpc) is 2.46. The Kier molecular flexibility index (Phi) is 14.3. The fourth-order valence-electron chi connectivity index (χ4n) is 2.09. The van der Waals surface area contributed by atoms with E-state index in [-0.39, 0.29) is 5.97 Å². The van der Waals surface area contributed by atoms with Crippen molar-refractivity contribution >= 4 is 5.97 Å². The maximum Gasteiger partial charge on any atom is 0.305 e. The summed E-state index contributed by atoms with van der Waals surface area (Å²) in [6.07, 6.45) is 11.3. The molecule has 0 aromatic carbocycles. The molecule has 0 rings (SSSR count). The van der Waals surface area contributed by atoms with E-state index in [0.29, 0.717) is 19.1 Å². The molecular weight excluding hydrogens is 254 g/mol. The summed E-state index contributed by atoms with van der Waals surface area (Å²) < 4.78 is 4.60. The van der Waals surface area contributed by atoms with Crippen LogP contribution in [-0.2, 0) is 14.4 Å². The van der Waals surface area contributed by atoms with E-state index in [0.717, 1.165) is 19.3 Å². The summed E-state index contributed by atoms with van der Waals surface area (Å²) in [6.45, 7) is 5.14. The van der Waals surface area contributed by atoms with Crippen molar-refractivity contribution in [1.29, 1.82) is 0 Å². The summed E-state index contributed by atoms with van der Waals surface area (Å²) >= 11 is 0. The fraction of sp³-hybridized carbons (Fsp3) is 0.938. The third kappa shape index (κ3) is 12.4. The zero-order chi connectivity index (χ0) is 15.1. The van der Waals surface area contributed by atoms with Gasteiger partial charge in [-0.2, -0.15) is 0 Å². The molecule has 0 amide bonds. The zero-order valence-corrected chi connectivity index (χ0v) is 13.6. The van der Waals surface area contributed by atoms with Crippen molar-refractivity contribution in [2.75, 3.05) is 13.7 Å². The summed E-state index contributed by atoms with van der Waals surface area (Å²) in [5.41, 5.74) is 3.01. The first-order valence-electron chi connectivity index (χ1n) is 8.19. The summed E-state index contributed by atoms with van der Waals surface area (Å²) in [4.78, 5) is 16.7. The molecule has 0 spiro atoms. The Morgan fingerprint density at radius 2 is 1.60 bits per heavy atom. The predicted molar refractivity (Wildman–Crippen MR) is 82.4 cm³/mol. The Morgan fingerprint density at radius 1 is 1.00 bits per heavy atom. The van der Waals surface area contributed by atoms with Gasteiger partial charge in [-0.1, -0.05) is 52.4 Å². The topological polar surface area (TPSA) is 47.6 Å². The zero-order valence-electron chi connectivity index (χ0n) is 13.6. The molecule has 0 aliphatic rings. The second-order valence-corrected chi connectivity index (χ2v) is 5.31. The van der Waals surface area contributed by atoms with E-state index in [2.05, 4.69) is 24.1 Å². The normalized spacial score (nSPS) is 11.0. The van der Waals surface area contributed by atoms with E-state index in [1.54, 1.807) is 0 Å². The molecule has 0 fully saturated rings. The van der Waals surface area contributed by atoms with E-state index in [1.165, 1.54) is 45.6 Å². The molecule has 0 aliphatic heterocycles. The molecule has 0 saturated heterocycles. The summed E-state index contributed by atoms with van der Waals surface area (Å²) in [5, 5.41) is 0. The molecule has 0 heterocycles. The lowest BCUT2D eigenvalue weighted by atomic mass is 10.0. The minimum Gasteiger partial charge on any atom is -0.469 e. The molecule has 20 heavy (non-hydrogen) atoms. The Bertz CT molecular complexity index is 212. The molecule has 0 saturated carbocycles. The number of hydroxylamine groups is 1. The van der Waals surface area contributed by atoms with Crippen molar-refractivity contribution in [1.82, 2.24) is 5.48 Å². The van der Waals surface area contributed by atoms with Gasteiger partial charge in [0.1, 0.15) is 0 Å². The Hall–Kier alpha value is -0.610. The summed E-state index contributed by atoms with van der Waals surface area (Å²) in [6, 6.07) is 0. The van der Waals surface area contributed by atoms with Crippen molar-refractivity contribution < 1.29 is 14.4 Å². The molecule has 0 aliphatic carbocycles. The van der Waals surface area contributed by atoms with E-state index >= 15 is 0 Å². The van der Waals surface area contributed by atoms with Crippen LogP contribution in [0, 0.1) is 0 Å². The minimum atomic E-state index is -0.158. The minimum absolute atomic E-state index is 0.158. The highest BCUT2D eigenvalue weighted by molar-refractivity contribution is 5.68. The Balaban J connectivity index is 3.69. The molecule has 0 aromatic heterocycles. The smallest absolute Gasteiger partial charge is 0.305 e. The van der Waals surface area contributed by atoms with Crippen molar-refractivity contribution in [3.05, 3.63) is 0 Å². The highest BCUT2D eigenvalue weighted by Gasteiger charge is 2.09. The number of nitrogens with one attached hydrogen (secondary N) is 1. The molecule has 1 N–H and O–H groups in total. The number of rotatable bonds is 14. The lowest BCUT2D eigenvalue weighted by molar-refractivity contribution is -0.140. The first kappa shape index (κ1) is 19.4. The van der Waals surface area contributed by atoms with Crippen molar-refractivity contribution in [3.63, 3.8) is 0 Å². The fourth-order valence-corrected chi connectivity index (χ4v) is 2.09. The summed E-state index contributed by atoms with van der Waals surface area (Å²) in [7, 11) is 1.42. The number of hydrogen-bond donors (Lipinski definition) is 1. The van der Waals surface area contributed by atoms with Gasteiger partial charge < -0.3 is 4.74 Å². The van der Waals surface area contributed by atoms with Crippen LogP contribution >= 0.6 is 0 Å². The van der Waals surface area contributed by atoms with E-state index in [9.17, 15) is 4.79 Å². The van der Waals surface area contributed by atoms with Gasteiger partial charge in [-0.15, -0.1) is 0 Å². The van der Waals surface area contributed by atoms with Gasteiger partial charge in [0.15, 0.2) is 0 Å². The van der Waals surface area contributed by atoms with Gasteiger partial charge in [-0.3, -0.25) is 9.63 Å². The lowest BCUT2D eigenvalue weighted by Crippen LogP contribution is -2.25. The molecule has 0 bridgehead atoms. The van der Waals surface area contributed by atoms with Crippen LogP contribution < -0.4 is 5.48 Å². The first-order valence-corrected chi connectivity index (χ1v) is 8.19. The SMILES string of the molecule is CCCCCC(CCCCC)ONCCCC(=O)OC. The second kappa shape index (κ2) is 14.8. The molecule has 0 unspecified atom stereocenters. The van der Waals surface area contributed by atoms with E-state index < -0.39 is 0 Å². The number of carbonyl (C=O) groups excluding carboxylic acids is 1. The van der Waals surface area contributed by atoms with Crippen LogP contribution in [0.4, 0.5) is 0 Å². The molecule has 0 aromatic rings. The average molecular weight is 287 g/mol. The van der Waals surface area contributed by atoms with E-state index in [4.69, 9.17) is 4.84 Å². The maximum absolute atomic E-state index is 11.0. The number of ether oxygens (including phenoxy) is 1. The van der Waals surface area contributed by atoms with Crippen LogP contribution in [0.15, 0.2) is 0 Å². The monoisotopic (exact) mass is 287 g/mol. The van der Waals surface area contributed by atoms with Crippen molar-refractivity contribution in [2.24, 2.45) is 0 Å². The highest BCUT2D eigenvalue weighted by atomic mass is 16.7. The van der Waals surface area contributed by atoms with Gasteiger partial charge in [0, 0.05) is 13.0 Å². The van der Waals surface area contributed by atoms with E-state index in [1.807, 2.05) is 0 Å². The quantitative estimate of drug-likeness (QED) is 0.298. The van der Waals surface area contributed by atoms with Gasteiger partial charge in [-0.25, -0.2) is 5.48 Å². The largest absolute Gasteiger partial charge is 0.469 e. The molecule has 120 valence electrons. The number of esters is 1. The van der Waals surface area contributed by atoms with Gasteiger partial charge in [-0.05, 0) is 19.3 Å². The highest BCUT2D eigenvalue weighted by Crippen LogP contribution is 2.13. The molecule has 0 atom stereocenters. The molecule has 4 nitrogen and oxygen atoms in total. The van der Waals surface area contributed by atoms with Gasteiger partial charge in [0.25, 0.3) is 0 Å². The van der Waals surface area contributed by atoms with Gasteiger partial charge in [0.05, 0.1) is 13.2 Å². The Labute approximate surface area is 124 Å². The van der Waals surface area contributed by atoms with Crippen LogP contribution in [0.25, 0.3) is 0 Å². The van der Waals surface area contributed by atoms with Crippen LogP contribution in [-0.4, -0.2) is 25.7 Å². The summed E-state index contributed by atoms with van der Waals surface area (Å²) in [5.74, 6) is -0.158. The number of unbranched alkanes of at least 4 members (excludes halogenated alkanes) is 4. The molecular formula is C16H33NO3. The maximum atomic E-state index is 11.0. The van der Waals surface area contributed by atoms with Crippen LogP contribution in [0.3, 0.4) is 0 Å². The van der Waals surface area contributed by atoms with Crippen LogP contribution in [0.2, 0.25) is 0 Å². The van der Waals surface area contributed by atoms with Crippen LogP contribution in [0.1, 0.15) is 78.1 Å². The number of carbonyl (C=O) groups is 1. The van der Waals surface area contributed by atoms with Crippen molar-refractivity contribution in [2.45, 2.75) is 84.2 Å². The van der Waals surface area contributed by atoms with Gasteiger partial charge in [0.2, 0.25) is 0 Å². The predicted octanol–water partition coefficient (Wildman–Crippen LogP) is 3.99. The number of methoxy groups -OCH3 is 1. The Morgan fingerprint density at radius 3 is 2.10 bits per heavy atom. The standard InChI is InChI=1S/C16H33NO3/c1-4-6-8-11-15(12-9-7-5-2)20-17-14-10-13-16(18)19-3/h15,17H,4-14H2,1-3H3. The third-order valence-electron chi connectivity index (χ3n) is 3.40. The number of hydrogen-bond acceptors (Lipinski definition) is 4. The van der Waals surface area contributed by atoms with Crippen LogP contribution in [0.5, 0.6) is 0 Å². The van der Waals surface area contributed by atoms with Gasteiger partial charge >= 0.3 is 5.97 Å².